The summed E-state index contributed by atoms with van der Waals surface area (Å²) in [5.74, 6) is -0.328. The zero-order valence-corrected chi connectivity index (χ0v) is 13.3. The highest BCUT2D eigenvalue weighted by Crippen LogP contribution is 2.35. The molecule has 3 rings (SSSR count). The van der Waals surface area contributed by atoms with Gasteiger partial charge < -0.3 is 5.32 Å². The van der Waals surface area contributed by atoms with Crippen LogP contribution in [0.1, 0.15) is 28.5 Å². The van der Waals surface area contributed by atoms with E-state index in [1.807, 2.05) is 12.1 Å². The Hall–Kier alpha value is -2.48. The van der Waals surface area contributed by atoms with Gasteiger partial charge in [-0.05, 0) is 18.1 Å². The number of fused-ring (bicyclic) bond motifs is 1. The maximum absolute atomic E-state index is 12.3. The van der Waals surface area contributed by atoms with Crippen molar-refractivity contribution in [1.82, 2.24) is 15.3 Å². The van der Waals surface area contributed by atoms with Crippen LogP contribution in [0.25, 0.3) is 0 Å². The normalized spacial score (nSPS) is 17.4. The number of carbonyl (C=O) groups is 1. The Morgan fingerprint density at radius 1 is 1.30 bits per heavy atom. The van der Waals surface area contributed by atoms with Gasteiger partial charge in [-0.25, -0.2) is 13.4 Å². The average molecular weight is 332 g/mol. The molecule has 2 aromatic rings. The maximum Gasteiger partial charge on any atom is 0.271 e. The summed E-state index contributed by atoms with van der Waals surface area (Å²) in [4.78, 5) is 20.1. The number of para-hydroxylation sites is 1. The van der Waals surface area contributed by atoms with Crippen LogP contribution in [-0.4, -0.2) is 37.1 Å². The predicted molar refractivity (Wildman–Crippen MR) is 85.5 cm³/mol. The highest BCUT2D eigenvalue weighted by molar-refractivity contribution is 7.92. The SMILES string of the molecule is CS(=O)(=O)N1CCC(NC(=O)c2cnccn2)c2ccccc21. The van der Waals surface area contributed by atoms with Gasteiger partial charge in [-0.3, -0.25) is 14.1 Å². The standard InChI is InChI=1S/C15H16N4O3S/c1-23(21,22)19-9-6-12(11-4-2-3-5-14(11)19)18-15(20)13-10-16-7-8-17-13/h2-5,7-8,10,12H,6,9H2,1H3,(H,18,20). The largest absolute Gasteiger partial charge is 0.344 e. The number of hydrogen-bond donors (Lipinski definition) is 1. The molecule has 0 saturated carbocycles. The maximum atomic E-state index is 12.3. The Labute approximate surface area is 134 Å². The first kappa shape index (κ1) is 15.4. The fraction of sp³-hybridized carbons (Fsp3) is 0.267. The Morgan fingerprint density at radius 3 is 2.78 bits per heavy atom. The van der Waals surface area contributed by atoms with Gasteiger partial charge in [0.2, 0.25) is 10.0 Å². The Balaban J connectivity index is 1.89. The lowest BCUT2D eigenvalue weighted by molar-refractivity contribution is 0.0929. The third-order valence-corrected chi connectivity index (χ3v) is 4.88. The predicted octanol–water partition coefficient (Wildman–Crippen LogP) is 1.12. The number of rotatable bonds is 3. The Morgan fingerprint density at radius 2 is 2.09 bits per heavy atom. The van der Waals surface area contributed by atoms with Gasteiger partial charge in [-0.15, -0.1) is 0 Å². The first-order valence-electron chi connectivity index (χ1n) is 7.10. The third-order valence-electron chi connectivity index (χ3n) is 3.70. The van der Waals surface area contributed by atoms with E-state index in [4.69, 9.17) is 0 Å². The van der Waals surface area contributed by atoms with Crippen LogP contribution in [0.2, 0.25) is 0 Å². The molecule has 1 aliphatic heterocycles. The number of aromatic nitrogens is 2. The number of sulfonamides is 1. The molecule has 23 heavy (non-hydrogen) atoms. The minimum Gasteiger partial charge on any atom is -0.344 e. The summed E-state index contributed by atoms with van der Waals surface area (Å²) in [6.07, 6.45) is 6.02. The van der Waals surface area contributed by atoms with E-state index in [1.54, 1.807) is 12.1 Å². The molecule has 0 aliphatic carbocycles. The van der Waals surface area contributed by atoms with Crippen molar-refractivity contribution in [1.29, 1.82) is 0 Å². The van der Waals surface area contributed by atoms with Crippen LogP contribution in [0.3, 0.4) is 0 Å². The van der Waals surface area contributed by atoms with Crippen LogP contribution in [0.4, 0.5) is 5.69 Å². The highest BCUT2D eigenvalue weighted by atomic mass is 32.2. The monoisotopic (exact) mass is 332 g/mol. The van der Waals surface area contributed by atoms with Crippen LogP contribution >= 0.6 is 0 Å². The van der Waals surface area contributed by atoms with Crippen molar-refractivity contribution in [3.8, 4) is 0 Å². The molecule has 1 aromatic carbocycles. The van der Waals surface area contributed by atoms with E-state index in [0.29, 0.717) is 18.7 Å². The van der Waals surface area contributed by atoms with E-state index in [1.165, 1.54) is 29.2 Å². The molecule has 8 heteroatoms. The lowest BCUT2D eigenvalue weighted by atomic mass is 9.98. The van der Waals surface area contributed by atoms with E-state index in [0.717, 1.165) is 5.56 Å². The van der Waals surface area contributed by atoms with Gasteiger partial charge >= 0.3 is 0 Å². The molecule has 120 valence electrons. The van der Waals surface area contributed by atoms with E-state index >= 15 is 0 Å². The lowest BCUT2D eigenvalue weighted by Gasteiger charge is -2.34. The fourth-order valence-corrected chi connectivity index (χ4v) is 3.64. The number of hydrogen-bond acceptors (Lipinski definition) is 5. The van der Waals surface area contributed by atoms with Crippen molar-refractivity contribution in [2.24, 2.45) is 0 Å². The quantitative estimate of drug-likeness (QED) is 0.909. The molecule has 7 nitrogen and oxygen atoms in total. The molecule has 1 N–H and O–H groups in total. The first-order chi connectivity index (χ1) is 11.0. The summed E-state index contributed by atoms with van der Waals surface area (Å²) in [6, 6.07) is 6.92. The number of nitrogens with one attached hydrogen (secondary N) is 1. The van der Waals surface area contributed by atoms with Crippen molar-refractivity contribution in [3.05, 3.63) is 54.1 Å². The molecular formula is C15H16N4O3S. The van der Waals surface area contributed by atoms with Crippen LogP contribution in [0.15, 0.2) is 42.9 Å². The molecular weight excluding hydrogens is 316 g/mol. The van der Waals surface area contributed by atoms with Gasteiger partial charge in [0, 0.05) is 18.9 Å². The van der Waals surface area contributed by atoms with Gasteiger partial charge in [0.25, 0.3) is 5.91 Å². The van der Waals surface area contributed by atoms with Gasteiger partial charge in [0.05, 0.1) is 24.2 Å². The van der Waals surface area contributed by atoms with Crippen molar-refractivity contribution in [2.45, 2.75) is 12.5 Å². The van der Waals surface area contributed by atoms with Crippen molar-refractivity contribution >= 4 is 21.6 Å². The number of nitrogens with zero attached hydrogens (tertiary/aromatic N) is 3. The molecule has 0 radical (unpaired) electrons. The molecule has 1 aliphatic rings. The zero-order chi connectivity index (χ0) is 16.4. The minimum atomic E-state index is -3.35. The second-order valence-corrected chi connectivity index (χ2v) is 7.21. The Bertz CT molecular complexity index is 824. The summed E-state index contributed by atoms with van der Waals surface area (Å²) in [5.41, 5.74) is 1.61. The highest BCUT2D eigenvalue weighted by Gasteiger charge is 2.30. The summed E-state index contributed by atoms with van der Waals surface area (Å²) in [6.45, 7) is 0.321. The number of carbonyl (C=O) groups excluding carboxylic acids is 1. The summed E-state index contributed by atoms with van der Waals surface area (Å²) < 4.78 is 25.2. The number of anilines is 1. The molecule has 1 atom stereocenters. The second kappa shape index (κ2) is 5.96. The van der Waals surface area contributed by atoms with Crippen LogP contribution < -0.4 is 9.62 Å². The summed E-state index contributed by atoms with van der Waals surface area (Å²) in [5, 5.41) is 2.90. The molecule has 1 amide bonds. The molecule has 0 fully saturated rings. The minimum absolute atomic E-state index is 0.232. The summed E-state index contributed by atoms with van der Waals surface area (Å²) in [7, 11) is -3.35. The van der Waals surface area contributed by atoms with Crippen molar-refractivity contribution in [3.63, 3.8) is 0 Å². The molecule has 1 unspecified atom stereocenters. The summed E-state index contributed by atoms with van der Waals surface area (Å²) >= 11 is 0. The van der Waals surface area contributed by atoms with E-state index < -0.39 is 10.0 Å². The van der Waals surface area contributed by atoms with Crippen molar-refractivity contribution < 1.29 is 13.2 Å². The molecule has 0 spiro atoms. The van der Waals surface area contributed by atoms with Gasteiger partial charge in [0.1, 0.15) is 5.69 Å². The first-order valence-corrected chi connectivity index (χ1v) is 8.95. The Kier molecular flexibility index (Phi) is 3.99. The number of amides is 1. The van der Waals surface area contributed by atoms with E-state index in [9.17, 15) is 13.2 Å². The van der Waals surface area contributed by atoms with Crippen LogP contribution in [0, 0.1) is 0 Å². The molecule has 1 aromatic heterocycles. The lowest BCUT2D eigenvalue weighted by Crippen LogP contribution is -2.40. The fourth-order valence-electron chi connectivity index (χ4n) is 2.67. The number of benzene rings is 1. The zero-order valence-electron chi connectivity index (χ0n) is 12.5. The van der Waals surface area contributed by atoms with Gasteiger partial charge in [-0.2, -0.15) is 0 Å². The van der Waals surface area contributed by atoms with Crippen molar-refractivity contribution in [2.75, 3.05) is 17.1 Å². The molecule has 0 saturated heterocycles. The van der Waals surface area contributed by atoms with E-state index in [-0.39, 0.29) is 17.6 Å². The third kappa shape index (κ3) is 3.16. The van der Waals surface area contributed by atoms with Gasteiger partial charge in [0.15, 0.2) is 0 Å². The van der Waals surface area contributed by atoms with Crippen LogP contribution in [-0.2, 0) is 10.0 Å². The van der Waals surface area contributed by atoms with E-state index in [2.05, 4.69) is 15.3 Å². The topological polar surface area (TPSA) is 92.3 Å². The molecule has 2 heterocycles. The average Bonchev–Trinajstić information content (AvgIpc) is 2.55. The second-order valence-electron chi connectivity index (χ2n) is 5.30. The van der Waals surface area contributed by atoms with Crippen LogP contribution in [0.5, 0.6) is 0 Å². The molecule has 0 bridgehead atoms. The smallest absolute Gasteiger partial charge is 0.271 e. The van der Waals surface area contributed by atoms with Gasteiger partial charge in [-0.1, -0.05) is 18.2 Å².